The molecule has 0 aliphatic carbocycles. The van der Waals surface area contributed by atoms with E-state index in [4.69, 9.17) is 58.0 Å². The van der Waals surface area contributed by atoms with Gasteiger partial charge in [0.25, 0.3) is 10.1 Å². The minimum Gasteiger partial charge on any atom is -0.385 e. The first kappa shape index (κ1) is 23.0. The van der Waals surface area contributed by atoms with E-state index in [1.807, 2.05) is 0 Å². The molecule has 2 rings (SSSR count). The third-order valence-electron chi connectivity index (χ3n) is 3.87. The van der Waals surface area contributed by atoms with Crippen molar-refractivity contribution in [2.75, 3.05) is 0 Å². The van der Waals surface area contributed by atoms with Gasteiger partial charge in [-0.2, -0.15) is 8.42 Å². The predicted octanol–water partition coefficient (Wildman–Crippen LogP) is 5.74. The smallest absolute Gasteiger partial charge is 0.294 e. The molecule has 0 aliphatic rings. The van der Waals surface area contributed by atoms with Crippen molar-refractivity contribution in [2.24, 2.45) is 0 Å². The van der Waals surface area contributed by atoms with E-state index in [-0.39, 0.29) is 38.9 Å². The van der Waals surface area contributed by atoms with Crippen molar-refractivity contribution in [2.45, 2.75) is 34.1 Å². The molecule has 0 bridgehead atoms. The first-order valence-corrected chi connectivity index (χ1v) is 10.9. The Morgan fingerprint density at radius 2 is 1.56 bits per heavy atom. The van der Waals surface area contributed by atoms with Crippen LogP contribution in [-0.4, -0.2) is 21.9 Å². The molecule has 148 valence electrons. The fourth-order valence-electron chi connectivity index (χ4n) is 2.83. The van der Waals surface area contributed by atoms with Gasteiger partial charge in [0.2, 0.25) is 0 Å². The Kier molecular flexibility index (Phi) is 7.04. The SMILES string of the molecule is Cc1ccc(S(=O)(=O)O)c(CC(O)(CC(Cl)(Cl)Cl)c2cc(Cl)cc(Cl)c2)c1. The third-order valence-corrected chi connectivity index (χ3v) is 5.66. The van der Waals surface area contributed by atoms with E-state index in [0.717, 1.165) is 5.56 Å². The molecular weight excluding hydrogens is 478 g/mol. The molecule has 10 heteroatoms. The average Bonchev–Trinajstić information content (AvgIpc) is 2.42. The zero-order chi connectivity index (χ0) is 20.6. The number of halogens is 5. The zero-order valence-corrected chi connectivity index (χ0v) is 18.5. The largest absolute Gasteiger partial charge is 0.385 e. The highest BCUT2D eigenvalue weighted by Gasteiger charge is 2.39. The average molecular weight is 493 g/mol. The van der Waals surface area contributed by atoms with E-state index in [0.29, 0.717) is 0 Å². The third kappa shape index (κ3) is 6.38. The van der Waals surface area contributed by atoms with Gasteiger partial charge in [-0.1, -0.05) is 75.7 Å². The van der Waals surface area contributed by atoms with Crippen LogP contribution in [0.1, 0.15) is 23.1 Å². The quantitative estimate of drug-likeness (QED) is 0.412. The molecule has 2 aromatic carbocycles. The molecule has 0 radical (unpaired) electrons. The van der Waals surface area contributed by atoms with Gasteiger partial charge in [0.1, 0.15) is 0 Å². The molecule has 0 spiro atoms. The summed E-state index contributed by atoms with van der Waals surface area (Å²) in [7, 11) is -4.53. The summed E-state index contributed by atoms with van der Waals surface area (Å²) in [5.74, 6) is 0. The van der Waals surface area contributed by atoms with E-state index in [1.165, 1.54) is 36.4 Å². The number of aryl methyl sites for hydroxylation is 1. The van der Waals surface area contributed by atoms with Crippen LogP contribution in [0, 0.1) is 6.92 Å². The minimum atomic E-state index is -4.53. The molecule has 0 aromatic heterocycles. The summed E-state index contributed by atoms with van der Waals surface area (Å²) in [5.41, 5.74) is -0.704. The van der Waals surface area contributed by atoms with Crippen LogP contribution in [0.4, 0.5) is 0 Å². The number of hydrogen-bond acceptors (Lipinski definition) is 3. The first-order chi connectivity index (χ1) is 12.2. The molecule has 0 saturated heterocycles. The fourth-order valence-corrected chi connectivity index (χ4v) is 4.73. The molecule has 1 atom stereocenters. The molecule has 2 N–H and O–H groups in total. The van der Waals surface area contributed by atoms with Crippen molar-refractivity contribution >= 4 is 68.1 Å². The lowest BCUT2D eigenvalue weighted by Crippen LogP contribution is -2.34. The van der Waals surface area contributed by atoms with Crippen LogP contribution in [0.25, 0.3) is 0 Å². The van der Waals surface area contributed by atoms with Gasteiger partial charge in [-0.3, -0.25) is 4.55 Å². The fraction of sp³-hybridized carbons (Fsp3) is 0.294. The predicted molar refractivity (Wildman–Crippen MR) is 110 cm³/mol. The molecular formula is C17H15Cl5O4S. The first-order valence-electron chi connectivity index (χ1n) is 7.52. The summed E-state index contributed by atoms with van der Waals surface area (Å²) in [6.07, 6.45) is -0.644. The standard InChI is InChI=1S/C17H15Cl5O4S/c1-10-2-3-15(27(24,25)26)11(4-10)8-16(23,9-17(20,21)22)12-5-13(18)7-14(19)6-12/h2-7,23H,8-9H2,1H3,(H,24,25,26). The van der Waals surface area contributed by atoms with Gasteiger partial charge < -0.3 is 5.11 Å². The lowest BCUT2D eigenvalue weighted by atomic mass is 9.84. The van der Waals surface area contributed by atoms with Gasteiger partial charge in [-0.15, -0.1) is 0 Å². The summed E-state index contributed by atoms with van der Waals surface area (Å²) in [5, 5.41) is 11.9. The highest BCUT2D eigenvalue weighted by atomic mass is 35.6. The summed E-state index contributed by atoms with van der Waals surface area (Å²) in [6, 6.07) is 8.67. The second kappa shape index (κ2) is 8.25. The number of rotatable bonds is 5. The van der Waals surface area contributed by atoms with Crippen LogP contribution < -0.4 is 0 Å². The van der Waals surface area contributed by atoms with Gasteiger partial charge in [0.05, 0.1) is 10.5 Å². The second-order valence-electron chi connectivity index (χ2n) is 6.24. The van der Waals surface area contributed by atoms with E-state index >= 15 is 0 Å². The maximum Gasteiger partial charge on any atom is 0.294 e. The van der Waals surface area contributed by atoms with Crippen molar-refractivity contribution in [1.29, 1.82) is 0 Å². The maximum absolute atomic E-state index is 11.7. The molecule has 0 aliphatic heterocycles. The highest BCUT2D eigenvalue weighted by molar-refractivity contribution is 7.85. The van der Waals surface area contributed by atoms with Crippen LogP contribution in [0.3, 0.4) is 0 Å². The monoisotopic (exact) mass is 490 g/mol. The molecule has 0 amide bonds. The van der Waals surface area contributed by atoms with Crippen LogP contribution in [0.5, 0.6) is 0 Å². The van der Waals surface area contributed by atoms with Gasteiger partial charge in [-0.25, -0.2) is 0 Å². The lowest BCUT2D eigenvalue weighted by molar-refractivity contribution is 0.0283. The molecule has 27 heavy (non-hydrogen) atoms. The van der Waals surface area contributed by atoms with E-state index in [9.17, 15) is 18.1 Å². The Balaban J connectivity index is 2.65. The molecule has 4 nitrogen and oxygen atoms in total. The summed E-state index contributed by atoms with van der Waals surface area (Å²) < 4.78 is 31.1. The molecule has 2 aromatic rings. The highest BCUT2D eigenvalue weighted by Crippen LogP contribution is 2.43. The number of aliphatic hydroxyl groups is 1. The lowest BCUT2D eigenvalue weighted by Gasteiger charge is -2.32. The summed E-state index contributed by atoms with van der Waals surface area (Å²) in [6.45, 7) is 1.74. The summed E-state index contributed by atoms with van der Waals surface area (Å²) >= 11 is 29.8. The Morgan fingerprint density at radius 1 is 1.00 bits per heavy atom. The van der Waals surface area contributed by atoms with Crippen molar-refractivity contribution in [3.63, 3.8) is 0 Å². The number of alkyl halides is 3. The Labute approximate surface area is 182 Å². The number of benzene rings is 2. The molecule has 0 fully saturated rings. The second-order valence-corrected chi connectivity index (χ2v) is 11.0. The van der Waals surface area contributed by atoms with Crippen LogP contribution >= 0.6 is 58.0 Å². The Bertz CT molecular complexity index is 936. The maximum atomic E-state index is 11.7. The molecule has 0 saturated carbocycles. The number of hydrogen-bond donors (Lipinski definition) is 2. The normalized spacial score (nSPS) is 14.8. The van der Waals surface area contributed by atoms with Crippen molar-refractivity contribution in [1.82, 2.24) is 0 Å². The van der Waals surface area contributed by atoms with Crippen LogP contribution in [0.2, 0.25) is 10.0 Å². The zero-order valence-electron chi connectivity index (χ0n) is 13.9. The van der Waals surface area contributed by atoms with E-state index in [2.05, 4.69) is 0 Å². The molecule has 0 heterocycles. The van der Waals surface area contributed by atoms with Gasteiger partial charge >= 0.3 is 0 Å². The van der Waals surface area contributed by atoms with Gasteiger partial charge in [0.15, 0.2) is 3.79 Å². The Morgan fingerprint density at radius 3 is 2.04 bits per heavy atom. The van der Waals surface area contributed by atoms with Crippen LogP contribution in [-0.2, 0) is 22.1 Å². The molecule has 1 unspecified atom stereocenters. The van der Waals surface area contributed by atoms with E-state index in [1.54, 1.807) is 6.92 Å². The minimum absolute atomic E-state index is 0.158. The Hall–Kier alpha value is -0.240. The van der Waals surface area contributed by atoms with Crippen molar-refractivity contribution in [3.8, 4) is 0 Å². The van der Waals surface area contributed by atoms with Gasteiger partial charge in [-0.05, 0) is 42.3 Å². The van der Waals surface area contributed by atoms with Crippen LogP contribution in [0.15, 0.2) is 41.3 Å². The van der Waals surface area contributed by atoms with E-state index < -0.39 is 19.5 Å². The van der Waals surface area contributed by atoms with Crippen molar-refractivity contribution < 1.29 is 18.1 Å². The van der Waals surface area contributed by atoms with Gasteiger partial charge in [0, 0.05) is 22.9 Å². The topological polar surface area (TPSA) is 74.6 Å². The van der Waals surface area contributed by atoms with Crippen molar-refractivity contribution in [3.05, 3.63) is 63.1 Å². The summed E-state index contributed by atoms with van der Waals surface area (Å²) in [4.78, 5) is -0.344.